The van der Waals surface area contributed by atoms with E-state index in [0.717, 1.165) is 11.4 Å². The second-order valence-electron chi connectivity index (χ2n) is 5.02. The van der Waals surface area contributed by atoms with E-state index in [-0.39, 0.29) is 11.8 Å². The summed E-state index contributed by atoms with van der Waals surface area (Å²) in [6.07, 6.45) is 0.136. The largest absolute Gasteiger partial charge is 0.492 e. The van der Waals surface area contributed by atoms with Crippen LogP contribution in [0.4, 0.5) is 5.69 Å². The van der Waals surface area contributed by atoms with Crippen molar-refractivity contribution in [3.05, 3.63) is 24.3 Å². The van der Waals surface area contributed by atoms with Gasteiger partial charge in [0.1, 0.15) is 5.75 Å². The summed E-state index contributed by atoms with van der Waals surface area (Å²) in [5.74, 6) is 0.0195. The van der Waals surface area contributed by atoms with Crippen LogP contribution >= 0.6 is 0 Å². The van der Waals surface area contributed by atoms with E-state index in [1.54, 1.807) is 0 Å². The van der Waals surface area contributed by atoms with Gasteiger partial charge < -0.3 is 15.2 Å². The van der Waals surface area contributed by atoms with Crippen molar-refractivity contribution in [2.75, 3.05) is 18.5 Å². The van der Waals surface area contributed by atoms with Gasteiger partial charge in [0.2, 0.25) is 0 Å². The molecular formula is C14H21NO3. The van der Waals surface area contributed by atoms with E-state index in [1.807, 2.05) is 45.0 Å². The Kier molecular flexibility index (Phi) is 5.01. The van der Waals surface area contributed by atoms with E-state index in [4.69, 9.17) is 9.84 Å². The number of aliphatic carboxylic acids is 1. The highest BCUT2D eigenvalue weighted by atomic mass is 16.5. The zero-order valence-corrected chi connectivity index (χ0v) is 11.2. The lowest BCUT2D eigenvalue weighted by Gasteiger charge is -2.24. The van der Waals surface area contributed by atoms with Gasteiger partial charge in [0.15, 0.2) is 0 Å². The van der Waals surface area contributed by atoms with Gasteiger partial charge in [-0.1, -0.05) is 26.0 Å². The number of benzene rings is 1. The van der Waals surface area contributed by atoms with Gasteiger partial charge in [-0.05, 0) is 24.5 Å². The molecule has 0 spiro atoms. The molecule has 0 saturated carbocycles. The van der Waals surface area contributed by atoms with Crippen LogP contribution in [0.15, 0.2) is 24.3 Å². The van der Waals surface area contributed by atoms with Crippen LogP contribution in [-0.2, 0) is 4.79 Å². The molecule has 0 aliphatic carbocycles. The van der Waals surface area contributed by atoms with Crippen LogP contribution in [-0.4, -0.2) is 24.2 Å². The molecule has 1 rings (SSSR count). The summed E-state index contributed by atoms with van der Waals surface area (Å²) in [5.41, 5.74) is 0.600. The number of carboxylic acids is 1. The Morgan fingerprint density at radius 2 is 2.06 bits per heavy atom. The summed E-state index contributed by atoms with van der Waals surface area (Å²) in [6.45, 7) is 6.99. The quantitative estimate of drug-likeness (QED) is 0.782. The van der Waals surface area contributed by atoms with Crippen molar-refractivity contribution in [1.29, 1.82) is 0 Å². The van der Waals surface area contributed by atoms with Gasteiger partial charge in [-0.2, -0.15) is 0 Å². The topological polar surface area (TPSA) is 58.6 Å². The van der Waals surface area contributed by atoms with Gasteiger partial charge in [-0.15, -0.1) is 0 Å². The fraction of sp³-hybridized carbons (Fsp3) is 0.500. The molecule has 0 radical (unpaired) electrons. The van der Waals surface area contributed by atoms with Crippen LogP contribution in [0.3, 0.4) is 0 Å². The highest BCUT2D eigenvalue weighted by molar-refractivity contribution is 5.67. The Morgan fingerprint density at radius 3 is 2.67 bits per heavy atom. The maximum absolute atomic E-state index is 10.7. The van der Waals surface area contributed by atoms with E-state index < -0.39 is 5.97 Å². The zero-order chi connectivity index (χ0) is 13.6. The zero-order valence-electron chi connectivity index (χ0n) is 11.2. The monoisotopic (exact) mass is 251 g/mol. The van der Waals surface area contributed by atoms with Crippen molar-refractivity contribution in [3.8, 4) is 5.75 Å². The third kappa shape index (κ3) is 4.65. The molecule has 18 heavy (non-hydrogen) atoms. The van der Waals surface area contributed by atoms with Crippen LogP contribution in [0.2, 0.25) is 0 Å². The predicted octanol–water partition coefficient (Wildman–Crippen LogP) is 3.00. The second kappa shape index (κ2) is 6.28. The van der Waals surface area contributed by atoms with Gasteiger partial charge in [-0.3, -0.25) is 4.79 Å². The molecule has 2 N–H and O–H groups in total. The standard InChI is InChI=1S/C14H21NO3/c1-4-18-12-8-6-5-7-11(12)15-10-14(2,3)9-13(16)17/h5-8,15H,4,9-10H2,1-3H3,(H,16,17). The lowest BCUT2D eigenvalue weighted by molar-refractivity contribution is -0.139. The van der Waals surface area contributed by atoms with Gasteiger partial charge in [0, 0.05) is 6.54 Å². The average Bonchev–Trinajstić information content (AvgIpc) is 2.27. The number of anilines is 1. The van der Waals surface area contributed by atoms with E-state index in [0.29, 0.717) is 13.2 Å². The normalized spacial score (nSPS) is 11.1. The molecule has 0 aliphatic rings. The van der Waals surface area contributed by atoms with Crippen molar-refractivity contribution >= 4 is 11.7 Å². The molecule has 0 amide bonds. The number of hydrogen-bond acceptors (Lipinski definition) is 3. The number of ether oxygens (including phenoxy) is 1. The fourth-order valence-electron chi connectivity index (χ4n) is 1.70. The molecule has 100 valence electrons. The molecule has 0 aromatic heterocycles. The maximum atomic E-state index is 10.7. The smallest absolute Gasteiger partial charge is 0.303 e. The number of rotatable bonds is 7. The first-order valence-electron chi connectivity index (χ1n) is 6.12. The van der Waals surface area contributed by atoms with Gasteiger partial charge >= 0.3 is 5.97 Å². The summed E-state index contributed by atoms with van der Waals surface area (Å²) in [4.78, 5) is 10.7. The first kappa shape index (κ1) is 14.4. The lowest BCUT2D eigenvalue weighted by atomic mass is 9.89. The molecule has 0 atom stereocenters. The van der Waals surface area contributed by atoms with E-state index >= 15 is 0 Å². The highest BCUT2D eigenvalue weighted by Gasteiger charge is 2.21. The number of carbonyl (C=O) groups is 1. The molecule has 4 heteroatoms. The van der Waals surface area contributed by atoms with Crippen LogP contribution in [0, 0.1) is 5.41 Å². The Hall–Kier alpha value is -1.71. The number of carboxylic acid groups (broad SMARTS) is 1. The molecule has 0 saturated heterocycles. The summed E-state index contributed by atoms with van der Waals surface area (Å²) in [6, 6.07) is 7.67. The average molecular weight is 251 g/mol. The minimum absolute atomic E-state index is 0.136. The molecule has 0 unspecified atom stereocenters. The van der Waals surface area contributed by atoms with Crippen molar-refractivity contribution in [2.45, 2.75) is 27.2 Å². The molecule has 0 fully saturated rings. The van der Waals surface area contributed by atoms with Crippen LogP contribution < -0.4 is 10.1 Å². The van der Waals surface area contributed by atoms with Crippen molar-refractivity contribution in [1.82, 2.24) is 0 Å². The van der Waals surface area contributed by atoms with Crippen LogP contribution in [0.5, 0.6) is 5.75 Å². The van der Waals surface area contributed by atoms with Crippen LogP contribution in [0.25, 0.3) is 0 Å². The predicted molar refractivity (Wildman–Crippen MR) is 72.1 cm³/mol. The van der Waals surface area contributed by atoms with Gasteiger partial charge in [-0.25, -0.2) is 0 Å². The third-order valence-corrected chi connectivity index (χ3v) is 2.57. The minimum Gasteiger partial charge on any atom is -0.492 e. The summed E-state index contributed by atoms with van der Waals surface area (Å²) in [7, 11) is 0. The highest BCUT2D eigenvalue weighted by Crippen LogP contribution is 2.27. The molecule has 1 aromatic rings. The van der Waals surface area contributed by atoms with Gasteiger partial charge in [0.05, 0.1) is 18.7 Å². The maximum Gasteiger partial charge on any atom is 0.303 e. The fourth-order valence-corrected chi connectivity index (χ4v) is 1.70. The Balaban J connectivity index is 2.65. The molecular weight excluding hydrogens is 230 g/mol. The summed E-state index contributed by atoms with van der Waals surface area (Å²) in [5, 5.41) is 12.1. The lowest BCUT2D eigenvalue weighted by Crippen LogP contribution is -2.26. The van der Waals surface area contributed by atoms with E-state index in [1.165, 1.54) is 0 Å². The Morgan fingerprint density at radius 1 is 1.39 bits per heavy atom. The van der Waals surface area contributed by atoms with E-state index in [2.05, 4.69) is 5.32 Å². The number of nitrogens with one attached hydrogen (secondary N) is 1. The van der Waals surface area contributed by atoms with Crippen molar-refractivity contribution in [3.63, 3.8) is 0 Å². The molecule has 0 bridgehead atoms. The van der Waals surface area contributed by atoms with Crippen LogP contribution in [0.1, 0.15) is 27.2 Å². The van der Waals surface area contributed by atoms with Crippen molar-refractivity contribution < 1.29 is 14.6 Å². The SMILES string of the molecule is CCOc1ccccc1NCC(C)(C)CC(=O)O. The molecule has 1 aromatic carbocycles. The number of para-hydroxylation sites is 2. The molecule has 0 heterocycles. The summed E-state index contributed by atoms with van der Waals surface area (Å²) < 4.78 is 5.50. The second-order valence-corrected chi connectivity index (χ2v) is 5.02. The van der Waals surface area contributed by atoms with E-state index in [9.17, 15) is 4.79 Å². The molecule has 0 aliphatic heterocycles. The first-order chi connectivity index (χ1) is 8.44. The molecule has 4 nitrogen and oxygen atoms in total. The summed E-state index contributed by atoms with van der Waals surface area (Å²) >= 11 is 0. The minimum atomic E-state index is -0.778. The van der Waals surface area contributed by atoms with Crippen molar-refractivity contribution in [2.24, 2.45) is 5.41 Å². The first-order valence-corrected chi connectivity index (χ1v) is 6.12. The van der Waals surface area contributed by atoms with Gasteiger partial charge in [0.25, 0.3) is 0 Å². The third-order valence-electron chi connectivity index (χ3n) is 2.57. The Labute approximate surface area is 108 Å². The number of hydrogen-bond donors (Lipinski definition) is 2. The Bertz CT molecular complexity index is 402.